The Morgan fingerprint density at radius 1 is 0.600 bits per heavy atom. The highest BCUT2D eigenvalue weighted by Crippen LogP contribution is 2.47. The fraction of sp³-hybridized carbons (Fsp3) is 0.143. The van der Waals surface area contributed by atoms with Gasteiger partial charge in [0.1, 0.15) is 5.60 Å². The molecule has 2 nitrogen and oxygen atoms in total. The first kappa shape index (κ1) is 18.8. The minimum atomic E-state index is -1.07. The van der Waals surface area contributed by atoms with E-state index < -0.39 is 5.60 Å². The lowest BCUT2D eigenvalue weighted by Gasteiger charge is -2.32. The Bertz CT molecular complexity index is 1000. The summed E-state index contributed by atoms with van der Waals surface area (Å²) in [5, 5.41) is 12.2. The predicted molar refractivity (Wildman–Crippen MR) is 121 cm³/mol. The first-order valence-electron chi connectivity index (χ1n) is 10.5. The van der Waals surface area contributed by atoms with Gasteiger partial charge in [-0.2, -0.15) is 0 Å². The molecule has 148 valence electrons. The number of nitrogens with zero attached hydrogens (tertiary/aromatic N) is 1. The Morgan fingerprint density at radius 2 is 0.967 bits per heavy atom. The SMILES string of the molecule is OC(c1ccccc1)(c1ccccc1)[C@H]1CN1C(c1ccccc1)c1ccccc1. The van der Waals surface area contributed by atoms with E-state index >= 15 is 0 Å². The summed E-state index contributed by atoms with van der Waals surface area (Å²) in [6.07, 6.45) is 0. The van der Waals surface area contributed by atoms with Crippen LogP contribution in [0.15, 0.2) is 121 Å². The lowest BCUT2D eigenvalue weighted by Crippen LogP contribution is -2.36. The van der Waals surface area contributed by atoms with Crippen LogP contribution in [0, 0.1) is 0 Å². The summed E-state index contributed by atoms with van der Waals surface area (Å²) in [7, 11) is 0. The molecular weight excluding hydrogens is 366 g/mol. The van der Waals surface area contributed by atoms with Crippen LogP contribution >= 0.6 is 0 Å². The largest absolute Gasteiger partial charge is 0.379 e. The van der Waals surface area contributed by atoms with Gasteiger partial charge in [0.15, 0.2) is 0 Å². The average molecular weight is 392 g/mol. The van der Waals surface area contributed by atoms with Crippen LogP contribution in [-0.4, -0.2) is 22.6 Å². The van der Waals surface area contributed by atoms with E-state index in [9.17, 15) is 5.11 Å². The zero-order valence-electron chi connectivity index (χ0n) is 16.8. The number of aliphatic hydroxyl groups is 1. The van der Waals surface area contributed by atoms with E-state index in [-0.39, 0.29) is 12.1 Å². The summed E-state index contributed by atoms with van der Waals surface area (Å²) in [5.74, 6) is 0. The van der Waals surface area contributed by atoms with Gasteiger partial charge in [0.25, 0.3) is 0 Å². The van der Waals surface area contributed by atoms with Crippen LogP contribution in [0.1, 0.15) is 28.3 Å². The van der Waals surface area contributed by atoms with E-state index in [0.29, 0.717) is 0 Å². The van der Waals surface area contributed by atoms with Crippen LogP contribution in [0.4, 0.5) is 0 Å². The number of hydrogen-bond acceptors (Lipinski definition) is 2. The van der Waals surface area contributed by atoms with E-state index in [4.69, 9.17) is 0 Å². The highest BCUT2D eigenvalue weighted by Gasteiger charge is 2.55. The number of rotatable bonds is 6. The van der Waals surface area contributed by atoms with Crippen LogP contribution in [0.5, 0.6) is 0 Å². The molecule has 4 aromatic rings. The van der Waals surface area contributed by atoms with Crippen molar-refractivity contribution in [2.45, 2.75) is 17.7 Å². The molecule has 1 fully saturated rings. The highest BCUT2D eigenvalue weighted by atomic mass is 16.3. The van der Waals surface area contributed by atoms with Gasteiger partial charge in [0.2, 0.25) is 0 Å². The molecule has 0 aliphatic carbocycles. The third-order valence-corrected chi connectivity index (χ3v) is 6.12. The van der Waals surface area contributed by atoms with Crippen molar-refractivity contribution in [3.05, 3.63) is 144 Å². The Balaban J connectivity index is 1.58. The monoisotopic (exact) mass is 391 g/mol. The van der Waals surface area contributed by atoms with Crippen molar-refractivity contribution in [1.82, 2.24) is 4.90 Å². The van der Waals surface area contributed by atoms with Crippen LogP contribution in [0.3, 0.4) is 0 Å². The molecule has 30 heavy (non-hydrogen) atoms. The molecule has 1 unspecified atom stereocenters. The lowest BCUT2D eigenvalue weighted by atomic mass is 9.83. The minimum absolute atomic E-state index is 0.00675. The number of hydrogen-bond donors (Lipinski definition) is 1. The molecule has 4 aromatic carbocycles. The summed E-state index contributed by atoms with van der Waals surface area (Å²) >= 11 is 0. The van der Waals surface area contributed by atoms with Crippen molar-refractivity contribution in [3.8, 4) is 0 Å². The van der Waals surface area contributed by atoms with Gasteiger partial charge in [0, 0.05) is 6.54 Å². The fourth-order valence-corrected chi connectivity index (χ4v) is 4.59. The first-order valence-corrected chi connectivity index (χ1v) is 10.5. The van der Waals surface area contributed by atoms with E-state index in [2.05, 4.69) is 65.6 Å². The van der Waals surface area contributed by atoms with Gasteiger partial charge in [-0.15, -0.1) is 0 Å². The summed E-state index contributed by atoms with van der Waals surface area (Å²) in [4.78, 5) is 2.41. The van der Waals surface area contributed by atoms with Gasteiger partial charge >= 0.3 is 0 Å². The topological polar surface area (TPSA) is 23.2 Å². The molecule has 0 radical (unpaired) electrons. The third kappa shape index (κ3) is 3.35. The Kier molecular flexibility index (Phi) is 4.96. The second-order valence-corrected chi connectivity index (χ2v) is 7.93. The summed E-state index contributed by atoms with van der Waals surface area (Å²) in [6, 6.07) is 41.4. The molecule has 5 rings (SSSR count). The van der Waals surface area contributed by atoms with Gasteiger partial charge in [-0.3, -0.25) is 4.90 Å². The van der Waals surface area contributed by atoms with Gasteiger partial charge < -0.3 is 5.11 Å². The van der Waals surface area contributed by atoms with Gasteiger partial charge in [0.05, 0.1) is 12.1 Å². The van der Waals surface area contributed by atoms with E-state index in [1.165, 1.54) is 11.1 Å². The van der Waals surface area contributed by atoms with Gasteiger partial charge in [-0.25, -0.2) is 0 Å². The van der Waals surface area contributed by atoms with Crippen LogP contribution in [0.25, 0.3) is 0 Å². The average Bonchev–Trinajstić information content (AvgIpc) is 3.62. The van der Waals surface area contributed by atoms with E-state index in [1.54, 1.807) is 0 Å². The molecule has 1 heterocycles. The van der Waals surface area contributed by atoms with Crippen molar-refractivity contribution in [3.63, 3.8) is 0 Å². The summed E-state index contributed by atoms with van der Waals surface area (Å²) < 4.78 is 0. The van der Waals surface area contributed by atoms with E-state index in [0.717, 1.165) is 17.7 Å². The second kappa shape index (κ2) is 7.91. The molecule has 1 N–H and O–H groups in total. The third-order valence-electron chi connectivity index (χ3n) is 6.12. The standard InChI is InChI=1S/C28H25NO/c30-28(24-17-9-3-10-18-24,25-19-11-4-12-20-25)26-21-29(26)27(22-13-5-1-6-14-22)23-15-7-2-8-16-23/h1-20,26-27,30H,21H2/t26-,29?/m1/s1. The van der Waals surface area contributed by atoms with Crippen molar-refractivity contribution in [2.75, 3.05) is 6.54 Å². The molecule has 0 aromatic heterocycles. The van der Waals surface area contributed by atoms with Gasteiger partial charge in [-0.05, 0) is 22.3 Å². The van der Waals surface area contributed by atoms with Crippen LogP contribution < -0.4 is 0 Å². The van der Waals surface area contributed by atoms with Crippen molar-refractivity contribution < 1.29 is 5.11 Å². The maximum Gasteiger partial charge on any atom is 0.131 e. The first-order chi connectivity index (χ1) is 14.8. The predicted octanol–water partition coefficient (Wildman–Crippen LogP) is 5.40. The number of benzene rings is 4. The second-order valence-electron chi connectivity index (χ2n) is 7.93. The molecule has 0 bridgehead atoms. The Hall–Kier alpha value is -3.20. The summed E-state index contributed by atoms with van der Waals surface area (Å²) in [6.45, 7) is 0.828. The molecule has 1 aliphatic heterocycles. The molecule has 0 saturated carbocycles. The van der Waals surface area contributed by atoms with Crippen molar-refractivity contribution in [2.24, 2.45) is 0 Å². The normalized spacial score (nSPS) is 18.3. The Labute approximate surface area is 178 Å². The fourth-order valence-electron chi connectivity index (χ4n) is 4.59. The van der Waals surface area contributed by atoms with Crippen molar-refractivity contribution >= 4 is 0 Å². The zero-order valence-corrected chi connectivity index (χ0v) is 16.8. The molecular formula is C28H25NO. The van der Waals surface area contributed by atoms with Crippen LogP contribution in [-0.2, 0) is 5.60 Å². The zero-order chi connectivity index (χ0) is 20.4. The molecule has 2 atom stereocenters. The molecule has 0 amide bonds. The summed E-state index contributed by atoms with van der Waals surface area (Å²) in [5.41, 5.74) is 3.29. The molecule has 2 heteroatoms. The molecule has 1 saturated heterocycles. The van der Waals surface area contributed by atoms with Crippen molar-refractivity contribution in [1.29, 1.82) is 0 Å². The lowest BCUT2D eigenvalue weighted by molar-refractivity contribution is 0.0613. The highest BCUT2D eigenvalue weighted by molar-refractivity contribution is 5.42. The maximum atomic E-state index is 12.2. The quantitative estimate of drug-likeness (QED) is 0.445. The van der Waals surface area contributed by atoms with E-state index in [1.807, 2.05) is 60.7 Å². The minimum Gasteiger partial charge on any atom is -0.379 e. The van der Waals surface area contributed by atoms with Crippen LogP contribution in [0.2, 0.25) is 0 Å². The Morgan fingerprint density at radius 3 is 1.37 bits per heavy atom. The molecule has 1 aliphatic rings. The molecule has 0 spiro atoms. The smallest absolute Gasteiger partial charge is 0.131 e. The van der Waals surface area contributed by atoms with Gasteiger partial charge in [-0.1, -0.05) is 121 Å². The maximum absolute atomic E-state index is 12.2.